The molecule has 0 fully saturated rings. The number of carbonyl (C=O) groups is 1. The van der Waals surface area contributed by atoms with E-state index in [0.29, 0.717) is 11.8 Å². The number of carbonyl (C=O) groups excluding carboxylic acids is 1. The molecule has 0 saturated heterocycles. The smallest absolute Gasteiger partial charge is 0.324 e. The number of sulfonamides is 1. The van der Waals surface area contributed by atoms with Crippen LogP contribution in [0.2, 0.25) is 0 Å². The van der Waals surface area contributed by atoms with Gasteiger partial charge in [0.2, 0.25) is 15.9 Å². The molecule has 2 rings (SSSR count). The van der Waals surface area contributed by atoms with Crippen LogP contribution in [0.25, 0.3) is 0 Å². The van der Waals surface area contributed by atoms with E-state index in [1.54, 1.807) is 19.1 Å². The van der Waals surface area contributed by atoms with E-state index in [-0.39, 0.29) is 0 Å². The van der Waals surface area contributed by atoms with Gasteiger partial charge in [0.1, 0.15) is 0 Å². The van der Waals surface area contributed by atoms with E-state index in [4.69, 9.17) is 0 Å². The number of hydrogen-bond acceptors (Lipinski definition) is 3. The van der Waals surface area contributed by atoms with Gasteiger partial charge in [0, 0.05) is 5.69 Å². The summed E-state index contributed by atoms with van der Waals surface area (Å²) in [5.74, 6) is -0.627. The van der Waals surface area contributed by atoms with Crippen molar-refractivity contribution >= 4 is 21.6 Å². The van der Waals surface area contributed by atoms with Crippen molar-refractivity contribution in [2.45, 2.75) is 37.9 Å². The van der Waals surface area contributed by atoms with Crippen LogP contribution in [0.1, 0.15) is 23.6 Å². The lowest BCUT2D eigenvalue weighted by atomic mass is 10.1. The average molecular weight is 400 g/mol. The third kappa shape index (κ3) is 5.30. The molecule has 1 unspecified atom stereocenters. The molecule has 27 heavy (non-hydrogen) atoms. The van der Waals surface area contributed by atoms with E-state index in [9.17, 15) is 26.4 Å². The van der Waals surface area contributed by atoms with Crippen LogP contribution >= 0.6 is 0 Å². The Morgan fingerprint density at radius 1 is 1.07 bits per heavy atom. The quantitative estimate of drug-likeness (QED) is 0.805. The molecule has 0 aliphatic rings. The van der Waals surface area contributed by atoms with Gasteiger partial charge in [-0.2, -0.15) is 17.9 Å². The fraction of sp³-hybridized carbons (Fsp3) is 0.278. The molecule has 0 aliphatic heterocycles. The topological polar surface area (TPSA) is 75.3 Å². The Labute approximate surface area is 155 Å². The summed E-state index contributed by atoms with van der Waals surface area (Å²) >= 11 is 0. The maximum atomic E-state index is 12.8. The van der Waals surface area contributed by atoms with E-state index in [1.807, 2.05) is 13.0 Å². The Hall–Kier alpha value is -2.39. The SMILES string of the molecule is Cc1ccc(NC(=O)C(C)NS(=O)(=O)c2cccc(C(F)(F)F)c2)c(C)c1. The number of anilines is 1. The Kier molecular flexibility index (Phi) is 5.96. The first kappa shape index (κ1) is 20.9. The first-order valence-corrected chi connectivity index (χ1v) is 9.46. The molecule has 0 aromatic heterocycles. The highest BCUT2D eigenvalue weighted by molar-refractivity contribution is 7.89. The van der Waals surface area contributed by atoms with Crippen molar-refractivity contribution in [3.05, 3.63) is 59.2 Å². The maximum absolute atomic E-state index is 12.8. The molecule has 2 N–H and O–H groups in total. The Balaban J connectivity index is 2.16. The van der Waals surface area contributed by atoms with Crippen molar-refractivity contribution in [2.24, 2.45) is 0 Å². The molecule has 2 aromatic carbocycles. The highest BCUT2D eigenvalue weighted by Crippen LogP contribution is 2.30. The van der Waals surface area contributed by atoms with Crippen molar-refractivity contribution in [3.8, 4) is 0 Å². The van der Waals surface area contributed by atoms with Gasteiger partial charge in [-0.15, -0.1) is 0 Å². The van der Waals surface area contributed by atoms with Gasteiger partial charge >= 0.3 is 6.18 Å². The van der Waals surface area contributed by atoms with Gasteiger partial charge in [-0.1, -0.05) is 23.8 Å². The van der Waals surface area contributed by atoms with Crippen LogP contribution in [0.5, 0.6) is 0 Å². The highest BCUT2D eigenvalue weighted by Gasteiger charge is 2.32. The molecular formula is C18H19F3N2O3S. The molecule has 5 nitrogen and oxygen atoms in total. The minimum atomic E-state index is -4.67. The molecule has 0 bridgehead atoms. The zero-order valence-electron chi connectivity index (χ0n) is 14.9. The minimum Gasteiger partial charge on any atom is -0.324 e. The number of nitrogens with one attached hydrogen (secondary N) is 2. The Bertz CT molecular complexity index is 957. The molecule has 146 valence electrons. The Morgan fingerprint density at radius 3 is 2.33 bits per heavy atom. The Morgan fingerprint density at radius 2 is 1.74 bits per heavy atom. The number of benzene rings is 2. The number of aryl methyl sites for hydroxylation is 2. The van der Waals surface area contributed by atoms with Crippen LogP contribution in [-0.4, -0.2) is 20.4 Å². The lowest BCUT2D eigenvalue weighted by Crippen LogP contribution is -2.41. The molecule has 2 aromatic rings. The molecule has 9 heteroatoms. The first-order valence-electron chi connectivity index (χ1n) is 7.98. The van der Waals surface area contributed by atoms with Crippen LogP contribution in [0, 0.1) is 13.8 Å². The molecule has 0 radical (unpaired) electrons. The number of rotatable bonds is 5. The van der Waals surface area contributed by atoms with Crippen molar-refractivity contribution in [3.63, 3.8) is 0 Å². The molecule has 0 spiro atoms. The van der Waals surface area contributed by atoms with Gasteiger partial charge in [-0.25, -0.2) is 8.42 Å². The molecule has 1 atom stereocenters. The van der Waals surface area contributed by atoms with Gasteiger partial charge in [0.25, 0.3) is 0 Å². The normalized spacial score (nSPS) is 13.3. The van der Waals surface area contributed by atoms with Crippen LogP contribution in [-0.2, 0) is 21.0 Å². The summed E-state index contributed by atoms with van der Waals surface area (Å²) in [6.07, 6.45) is -4.67. The number of amides is 1. The zero-order valence-corrected chi connectivity index (χ0v) is 15.7. The van der Waals surface area contributed by atoms with E-state index in [2.05, 4.69) is 10.0 Å². The van der Waals surface area contributed by atoms with Crippen LogP contribution in [0.4, 0.5) is 18.9 Å². The van der Waals surface area contributed by atoms with E-state index in [1.165, 1.54) is 6.92 Å². The van der Waals surface area contributed by atoms with Crippen molar-refractivity contribution in [2.75, 3.05) is 5.32 Å². The number of hydrogen-bond donors (Lipinski definition) is 2. The second-order valence-electron chi connectivity index (χ2n) is 6.18. The number of halogens is 3. The second-order valence-corrected chi connectivity index (χ2v) is 7.89. The van der Waals surface area contributed by atoms with Crippen LogP contribution in [0.3, 0.4) is 0 Å². The number of alkyl halides is 3. The minimum absolute atomic E-state index is 0.524. The van der Waals surface area contributed by atoms with Crippen molar-refractivity contribution in [1.82, 2.24) is 4.72 Å². The second kappa shape index (κ2) is 7.69. The van der Waals surface area contributed by atoms with E-state index < -0.39 is 38.6 Å². The summed E-state index contributed by atoms with van der Waals surface area (Å²) in [6, 6.07) is 7.48. The lowest BCUT2D eigenvalue weighted by molar-refractivity contribution is -0.137. The van der Waals surface area contributed by atoms with Gasteiger partial charge < -0.3 is 5.32 Å². The summed E-state index contributed by atoms with van der Waals surface area (Å²) < 4.78 is 65.1. The summed E-state index contributed by atoms with van der Waals surface area (Å²) in [6.45, 7) is 4.99. The third-order valence-electron chi connectivity index (χ3n) is 3.84. The molecule has 0 aliphatic carbocycles. The molecule has 0 saturated carbocycles. The lowest BCUT2D eigenvalue weighted by Gasteiger charge is -2.16. The summed E-state index contributed by atoms with van der Waals surface area (Å²) in [5, 5.41) is 2.60. The van der Waals surface area contributed by atoms with Crippen molar-refractivity contribution in [1.29, 1.82) is 0 Å². The molecule has 0 heterocycles. The van der Waals surface area contributed by atoms with Gasteiger partial charge in [0.15, 0.2) is 0 Å². The summed E-state index contributed by atoms with van der Waals surface area (Å²) in [4.78, 5) is 11.7. The fourth-order valence-corrected chi connectivity index (χ4v) is 3.64. The predicted octanol–water partition coefficient (Wildman–Crippen LogP) is 3.63. The summed E-state index contributed by atoms with van der Waals surface area (Å²) in [7, 11) is -4.31. The van der Waals surface area contributed by atoms with Crippen molar-refractivity contribution < 1.29 is 26.4 Å². The highest BCUT2D eigenvalue weighted by atomic mass is 32.2. The summed E-state index contributed by atoms with van der Waals surface area (Å²) in [5.41, 5.74) is 1.24. The monoisotopic (exact) mass is 400 g/mol. The molecular weight excluding hydrogens is 381 g/mol. The standard InChI is InChI=1S/C18H19F3N2O3S/c1-11-7-8-16(12(2)9-11)22-17(24)13(3)23-27(25,26)15-6-4-5-14(10-15)18(19,20)21/h4-10,13,23H,1-3H3,(H,22,24). The maximum Gasteiger partial charge on any atom is 0.416 e. The third-order valence-corrected chi connectivity index (χ3v) is 5.38. The zero-order chi connectivity index (χ0) is 20.4. The molecule has 1 amide bonds. The first-order chi connectivity index (χ1) is 12.4. The van der Waals surface area contributed by atoms with E-state index >= 15 is 0 Å². The average Bonchev–Trinajstić information content (AvgIpc) is 2.56. The van der Waals surface area contributed by atoms with E-state index in [0.717, 1.165) is 29.3 Å². The fourth-order valence-electron chi connectivity index (χ4n) is 2.39. The van der Waals surface area contributed by atoms with Crippen LogP contribution in [0.15, 0.2) is 47.4 Å². The largest absolute Gasteiger partial charge is 0.416 e. The van der Waals surface area contributed by atoms with Gasteiger partial charge in [-0.3, -0.25) is 4.79 Å². The van der Waals surface area contributed by atoms with Gasteiger partial charge in [-0.05, 0) is 50.6 Å². The van der Waals surface area contributed by atoms with Gasteiger partial charge in [0.05, 0.1) is 16.5 Å². The predicted molar refractivity (Wildman–Crippen MR) is 95.8 cm³/mol. The van der Waals surface area contributed by atoms with Crippen LogP contribution < -0.4 is 10.0 Å².